The third-order valence-electron chi connectivity index (χ3n) is 3.66. The molecule has 2 aliphatic rings. The molecule has 18 heavy (non-hydrogen) atoms. The van der Waals surface area contributed by atoms with Gasteiger partial charge in [0.1, 0.15) is 12.6 Å². The Labute approximate surface area is 107 Å². The smallest absolute Gasteiger partial charge is 0.329 e. The van der Waals surface area contributed by atoms with Gasteiger partial charge >= 0.3 is 5.97 Å². The average Bonchev–Trinajstić information content (AvgIpc) is 3.11. The second-order valence-electron chi connectivity index (χ2n) is 5.05. The molecule has 5 nitrogen and oxygen atoms in total. The number of carbonyl (C=O) groups excluding carboxylic acids is 2. The summed E-state index contributed by atoms with van der Waals surface area (Å²) in [5.74, 6) is 0.113. The molecule has 1 aliphatic heterocycles. The fourth-order valence-corrected chi connectivity index (χ4v) is 2.43. The highest BCUT2D eigenvalue weighted by Crippen LogP contribution is 2.32. The first-order valence-electron chi connectivity index (χ1n) is 6.56. The maximum atomic E-state index is 12.3. The molecule has 2 fully saturated rings. The maximum absolute atomic E-state index is 12.3. The topological polar surface area (TPSA) is 74.2 Å². The second-order valence-corrected chi connectivity index (χ2v) is 5.05. The average molecular weight is 253 g/mol. The molecule has 2 atom stereocenters. The van der Waals surface area contributed by atoms with Crippen LogP contribution in [0.5, 0.6) is 0 Å². The van der Waals surface area contributed by atoms with Crippen molar-refractivity contribution in [3.63, 3.8) is 0 Å². The summed E-state index contributed by atoms with van der Waals surface area (Å²) in [4.78, 5) is 25.7. The molecule has 1 saturated heterocycles. The van der Waals surface area contributed by atoms with Crippen LogP contribution in [0.4, 0.5) is 0 Å². The Balaban J connectivity index is 1.95. The van der Waals surface area contributed by atoms with Crippen LogP contribution in [-0.4, -0.2) is 42.0 Å². The van der Waals surface area contributed by atoms with Crippen LogP contribution >= 0.6 is 0 Å². The van der Waals surface area contributed by atoms with Gasteiger partial charge in [-0.15, -0.1) is 0 Å². The van der Waals surface area contributed by atoms with Crippen LogP contribution in [-0.2, 0) is 14.3 Å². The van der Waals surface area contributed by atoms with Crippen LogP contribution in [0.15, 0.2) is 12.7 Å². The predicted octanol–water partition coefficient (Wildman–Crippen LogP) is -0.273. The molecule has 0 aromatic rings. The Morgan fingerprint density at radius 3 is 2.78 bits per heavy atom. The number of likely N-dealkylation sites (tertiary alicyclic amines) is 1. The lowest BCUT2D eigenvalue weighted by Crippen LogP contribution is -2.69. The molecule has 100 valence electrons. The largest absolute Gasteiger partial charge is 0.460 e. The van der Waals surface area contributed by atoms with Gasteiger partial charge in [0.25, 0.3) is 5.91 Å². The molecule has 0 unspecified atom stereocenters. The van der Waals surface area contributed by atoms with E-state index >= 15 is 0 Å². The quantitative estimate of drug-likeness (QED) is 0.541. The first-order chi connectivity index (χ1) is 8.65. The van der Waals surface area contributed by atoms with Crippen LogP contribution in [0.1, 0.15) is 25.7 Å². The molecule has 1 aliphatic carbocycles. The summed E-state index contributed by atoms with van der Waals surface area (Å²) in [5.41, 5.74) is 3.94. The van der Waals surface area contributed by atoms with E-state index in [2.05, 4.69) is 12.3 Å². The number of ether oxygens (including phenoxy) is 1. The number of amides is 1. The fraction of sp³-hybridized carbons (Fsp3) is 0.692. The number of nitrogens with zero attached hydrogens (tertiary/aromatic N) is 1. The lowest BCUT2D eigenvalue weighted by Gasteiger charge is -2.24. The summed E-state index contributed by atoms with van der Waals surface area (Å²) < 4.78 is 5.04. The third-order valence-corrected chi connectivity index (χ3v) is 3.66. The molecule has 3 N–H and O–H groups in total. The summed E-state index contributed by atoms with van der Waals surface area (Å²) in [5, 5.41) is 0. The molecule has 0 radical (unpaired) electrons. The van der Waals surface area contributed by atoms with E-state index in [1.165, 1.54) is 6.08 Å². The lowest BCUT2D eigenvalue weighted by molar-refractivity contribution is -0.411. The first-order valence-corrected chi connectivity index (χ1v) is 6.56. The number of hydrogen-bond donors (Lipinski definition) is 1. The summed E-state index contributed by atoms with van der Waals surface area (Å²) in [6.45, 7) is 4.35. The zero-order valence-electron chi connectivity index (χ0n) is 10.6. The van der Waals surface area contributed by atoms with Gasteiger partial charge in [-0.3, -0.25) is 4.79 Å². The van der Waals surface area contributed by atoms with Gasteiger partial charge in [0.2, 0.25) is 0 Å². The van der Waals surface area contributed by atoms with Gasteiger partial charge in [0.15, 0.2) is 6.04 Å². The first kappa shape index (κ1) is 13.1. The van der Waals surface area contributed by atoms with Gasteiger partial charge in [-0.25, -0.2) is 4.79 Å². The summed E-state index contributed by atoms with van der Waals surface area (Å²) in [6.07, 6.45) is 5.25. The molecule has 0 spiro atoms. The van der Waals surface area contributed by atoms with Crippen molar-refractivity contribution in [3.05, 3.63) is 12.7 Å². The predicted molar refractivity (Wildman–Crippen MR) is 65.3 cm³/mol. The monoisotopic (exact) mass is 253 g/mol. The van der Waals surface area contributed by atoms with E-state index in [1.807, 2.05) is 0 Å². The standard InChI is InChI=1S/C13H20N2O3/c1-2-8-18-13(17)10-4-3-7-15(10)12(16)11(14)9-5-6-9/h2,9-11H,1,3-8,14H2/p+1/t10-,11+/m1/s1. The minimum absolute atomic E-state index is 0.00977. The number of rotatable bonds is 5. The van der Waals surface area contributed by atoms with Crippen molar-refractivity contribution >= 4 is 11.9 Å². The molecular weight excluding hydrogens is 232 g/mol. The van der Waals surface area contributed by atoms with E-state index in [4.69, 9.17) is 4.74 Å². The summed E-state index contributed by atoms with van der Waals surface area (Å²) >= 11 is 0. The van der Waals surface area contributed by atoms with Gasteiger partial charge in [-0.1, -0.05) is 12.7 Å². The van der Waals surface area contributed by atoms with Gasteiger partial charge < -0.3 is 15.4 Å². The minimum atomic E-state index is -0.416. The van der Waals surface area contributed by atoms with Gasteiger partial charge in [0, 0.05) is 12.5 Å². The van der Waals surface area contributed by atoms with E-state index in [0.29, 0.717) is 18.9 Å². The highest BCUT2D eigenvalue weighted by Gasteiger charge is 2.43. The fourth-order valence-electron chi connectivity index (χ4n) is 2.43. The Hall–Kier alpha value is -1.36. The van der Waals surface area contributed by atoms with Crippen molar-refractivity contribution in [2.24, 2.45) is 5.92 Å². The van der Waals surface area contributed by atoms with Crippen molar-refractivity contribution in [3.8, 4) is 0 Å². The van der Waals surface area contributed by atoms with Crippen molar-refractivity contribution < 1.29 is 20.1 Å². The van der Waals surface area contributed by atoms with Crippen LogP contribution in [0.25, 0.3) is 0 Å². The van der Waals surface area contributed by atoms with Gasteiger partial charge in [-0.2, -0.15) is 0 Å². The molecule has 0 aromatic carbocycles. The number of quaternary nitrogens is 1. The molecule has 0 bridgehead atoms. The molecule has 1 heterocycles. The molecule has 1 amide bonds. The molecule has 1 saturated carbocycles. The Kier molecular flexibility index (Phi) is 4.01. The Morgan fingerprint density at radius 2 is 2.17 bits per heavy atom. The van der Waals surface area contributed by atoms with Crippen LogP contribution in [0.3, 0.4) is 0 Å². The van der Waals surface area contributed by atoms with Crippen LogP contribution in [0, 0.1) is 5.92 Å². The highest BCUT2D eigenvalue weighted by molar-refractivity contribution is 5.87. The summed E-state index contributed by atoms with van der Waals surface area (Å²) in [7, 11) is 0. The van der Waals surface area contributed by atoms with E-state index in [0.717, 1.165) is 19.3 Å². The van der Waals surface area contributed by atoms with Crippen molar-refractivity contribution in [2.75, 3.05) is 13.2 Å². The van der Waals surface area contributed by atoms with Crippen LogP contribution in [0.2, 0.25) is 0 Å². The third kappa shape index (κ3) is 2.72. The second kappa shape index (κ2) is 5.52. The number of hydrogen-bond acceptors (Lipinski definition) is 3. The summed E-state index contributed by atoms with van der Waals surface area (Å²) in [6, 6.07) is -0.613. The van der Waals surface area contributed by atoms with Gasteiger partial charge in [0.05, 0.1) is 0 Å². The Bertz CT molecular complexity index is 352. The normalized spacial score (nSPS) is 24.7. The Morgan fingerprint density at radius 1 is 1.44 bits per heavy atom. The zero-order chi connectivity index (χ0) is 13.1. The van der Waals surface area contributed by atoms with Crippen molar-refractivity contribution in [2.45, 2.75) is 37.8 Å². The van der Waals surface area contributed by atoms with E-state index in [9.17, 15) is 9.59 Å². The maximum Gasteiger partial charge on any atom is 0.329 e. The molecule has 0 aromatic heterocycles. The molecule has 2 rings (SSSR count). The lowest BCUT2D eigenvalue weighted by atomic mass is 10.1. The van der Waals surface area contributed by atoms with E-state index in [1.54, 1.807) is 4.90 Å². The van der Waals surface area contributed by atoms with Gasteiger partial charge in [-0.05, 0) is 25.7 Å². The minimum Gasteiger partial charge on any atom is -0.460 e. The van der Waals surface area contributed by atoms with Crippen molar-refractivity contribution in [1.82, 2.24) is 4.90 Å². The SMILES string of the molecule is C=CCOC(=O)[C@H]1CCCN1C(=O)[C@@H]([NH3+])C1CC1. The highest BCUT2D eigenvalue weighted by atomic mass is 16.5. The molecular formula is C13H21N2O3+. The van der Waals surface area contributed by atoms with Crippen molar-refractivity contribution in [1.29, 1.82) is 0 Å². The van der Waals surface area contributed by atoms with E-state index < -0.39 is 6.04 Å². The molecule has 5 heteroatoms. The number of esters is 1. The zero-order valence-corrected chi connectivity index (χ0v) is 10.6. The number of carbonyl (C=O) groups is 2. The van der Waals surface area contributed by atoms with E-state index in [-0.39, 0.29) is 24.5 Å². The van der Waals surface area contributed by atoms with Crippen LogP contribution < -0.4 is 5.73 Å².